The van der Waals surface area contributed by atoms with Crippen molar-refractivity contribution in [3.05, 3.63) is 29.8 Å². The smallest absolute Gasteiger partial charge is 0.262 e. The largest absolute Gasteiger partial charge is 0.351 e. The molecule has 1 atom stereocenters. The zero-order valence-corrected chi connectivity index (χ0v) is 19.4. The van der Waals surface area contributed by atoms with Crippen molar-refractivity contribution in [3.8, 4) is 0 Å². The zero-order valence-electron chi connectivity index (χ0n) is 18.6. The van der Waals surface area contributed by atoms with E-state index in [1.165, 1.54) is 37.4 Å². The number of anilines is 1. The van der Waals surface area contributed by atoms with Crippen LogP contribution in [0.3, 0.4) is 0 Å². The molecule has 1 unspecified atom stereocenters. The van der Waals surface area contributed by atoms with Crippen molar-refractivity contribution < 1.29 is 14.4 Å². The molecule has 7 nitrogen and oxygen atoms in total. The fourth-order valence-electron chi connectivity index (χ4n) is 4.47. The van der Waals surface area contributed by atoms with Crippen LogP contribution in [0.25, 0.3) is 0 Å². The summed E-state index contributed by atoms with van der Waals surface area (Å²) in [6.45, 7) is 3.43. The van der Waals surface area contributed by atoms with Crippen molar-refractivity contribution in [2.45, 2.75) is 63.0 Å². The molecule has 0 radical (unpaired) electrons. The van der Waals surface area contributed by atoms with Gasteiger partial charge in [0.05, 0.1) is 0 Å². The van der Waals surface area contributed by atoms with Gasteiger partial charge in [0.25, 0.3) is 11.8 Å². The van der Waals surface area contributed by atoms with Crippen LogP contribution in [0.4, 0.5) is 5.69 Å². The molecule has 8 heteroatoms. The Hall–Kier alpha value is -2.35. The first-order chi connectivity index (χ1) is 15.6. The Morgan fingerprint density at radius 1 is 0.969 bits per heavy atom. The van der Waals surface area contributed by atoms with Crippen molar-refractivity contribution in [2.24, 2.45) is 4.99 Å². The van der Waals surface area contributed by atoms with Crippen molar-refractivity contribution in [1.82, 2.24) is 9.80 Å². The summed E-state index contributed by atoms with van der Waals surface area (Å²) in [4.78, 5) is 46.2. The second-order valence-electron chi connectivity index (χ2n) is 8.78. The topological polar surface area (TPSA) is 82.1 Å². The Morgan fingerprint density at radius 2 is 1.62 bits per heavy atom. The number of rotatable bonds is 4. The molecule has 3 amide bonds. The van der Waals surface area contributed by atoms with Crippen molar-refractivity contribution in [1.29, 1.82) is 0 Å². The number of hydrogen-bond acceptors (Lipinski definition) is 5. The van der Waals surface area contributed by atoms with Crippen LogP contribution in [0.2, 0.25) is 0 Å². The lowest BCUT2D eigenvalue weighted by Crippen LogP contribution is -2.33. The Balaban J connectivity index is 1.32. The van der Waals surface area contributed by atoms with Gasteiger partial charge in [-0.3, -0.25) is 14.4 Å². The van der Waals surface area contributed by atoms with Gasteiger partial charge < -0.3 is 15.1 Å². The second-order valence-corrected chi connectivity index (χ2v) is 9.95. The van der Waals surface area contributed by atoms with Crippen LogP contribution < -0.4 is 5.32 Å². The molecule has 172 valence electrons. The Labute approximate surface area is 194 Å². The van der Waals surface area contributed by atoms with Crippen molar-refractivity contribution >= 4 is 40.3 Å². The summed E-state index contributed by atoms with van der Waals surface area (Å²) >= 11 is 1.40. The molecule has 1 N–H and O–H groups in total. The zero-order chi connectivity index (χ0) is 22.3. The first-order valence-electron chi connectivity index (χ1n) is 11.8. The van der Waals surface area contributed by atoms with Gasteiger partial charge >= 0.3 is 0 Å². The van der Waals surface area contributed by atoms with E-state index in [4.69, 9.17) is 0 Å². The molecule has 0 aliphatic carbocycles. The predicted molar refractivity (Wildman–Crippen MR) is 128 cm³/mol. The molecule has 3 aliphatic heterocycles. The Bertz CT molecular complexity index is 874. The highest BCUT2D eigenvalue weighted by molar-refractivity contribution is 8.15. The molecule has 0 saturated carbocycles. The SMILES string of the molecule is O=C(CC1SC(N2CCCCC2)=NC1=O)Nc1cccc(C(=O)N2CCCCCCC2)c1. The van der Waals surface area contributed by atoms with Crippen LogP contribution in [-0.4, -0.2) is 64.1 Å². The first kappa shape index (κ1) is 22.8. The molecule has 2 saturated heterocycles. The summed E-state index contributed by atoms with van der Waals surface area (Å²) in [5, 5.41) is 3.15. The van der Waals surface area contributed by atoms with E-state index in [1.807, 2.05) is 4.90 Å². The third kappa shape index (κ3) is 5.91. The van der Waals surface area contributed by atoms with E-state index in [2.05, 4.69) is 15.2 Å². The fourth-order valence-corrected chi connectivity index (χ4v) is 5.59. The van der Waals surface area contributed by atoms with Crippen molar-refractivity contribution in [2.75, 3.05) is 31.5 Å². The van der Waals surface area contributed by atoms with Crippen LogP contribution in [0.15, 0.2) is 29.3 Å². The Kier molecular flexibility index (Phi) is 7.84. The van der Waals surface area contributed by atoms with Gasteiger partial charge in [0.2, 0.25) is 5.91 Å². The molecular weight excluding hydrogens is 424 g/mol. The maximum atomic E-state index is 13.0. The van der Waals surface area contributed by atoms with E-state index < -0.39 is 5.25 Å². The average Bonchev–Trinajstić information content (AvgIpc) is 3.14. The number of nitrogens with zero attached hydrogens (tertiary/aromatic N) is 3. The number of piperidine rings is 1. The fraction of sp³-hybridized carbons (Fsp3) is 0.583. The molecule has 4 rings (SSSR count). The summed E-state index contributed by atoms with van der Waals surface area (Å²) in [6.07, 6.45) is 9.18. The van der Waals surface area contributed by atoms with E-state index in [0.717, 1.165) is 57.0 Å². The highest BCUT2D eigenvalue weighted by atomic mass is 32.2. The van der Waals surface area contributed by atoms with Gasteiger partial charge in [0, 0.05) is 43.9 Å². The molecular formula is C24H32N4O3S. The molecule has 32 heavy (non-hydrogen) atoms. The summed E-state index contributed by atoms with van der Waals surface area (Å²) in [5.74, 6) is -0.447. The third-order valence-electron chi connectivity index (χ3n) is 6.26. The molecule has 1 aromatic rings. The van der Waals surface area contributed by atoms with E-state index in [9.17, 15) is 14.4 Å². The van der Waals surface area contributed by atoms with Crippen LogP contribution >= 0.6 is 11.8 Å². The maximum absolute atomic E-state index is 13.0. The summed E-state index contributed by atoms with van der Waals surface area (Å²) in [6, 6.07) is 7.10. The molecule has 2 fully saturated rings. The second kappa shape index (κ2) is 11.0. The number of nitrogens with one attached hydrogen (secondary N) is 1. The standard InChI is InChI=1S/C24H32N4O3S/c29-21(17-20-22(30)26-24(32-20)28-14-7-4-8-15-28)25-19-11-9-10-18(16-19)23(31)27-12-5-2-1-3-6-13-27/h9-11,16,20H,1-8,12-15,17H2,(H,25,29). The third-order valence-corrected chi connectivity index (χ3v) is 7.48. The summed E-state index contributed by atoms with van der Waals surface area (Å²) in [5.41, 5.74) is 1.17. The summed E-state index contributed by atoms with van der Waals surface area (Å²) < 4.78 is 0. The van der Waals surface area contributed by atoms with Gasteiger partial charge in [0.1, 0.15) is 5.25 Å². The number of benzene rings is 1. The van der Waals surface area contributed by atoms with Crippen LogP contribution in [0.1, 0.15) is 68.1 Å². The predicted octanol–water partition coefficient (Wildman–Crippen LogP) is 3.91. The number of hydrogen-bond donors (Lipinski definition) is 1. The first-order valence-corrected chi connectivity index (χ1v) is 12.7. The van der Waals surface area contributed by atoms with E-state index in [-0.39, 0.29) is 24.1 Å². The average molecular weight is 457 g/mol. The van der Waals surface area contributed by atoms with Gasteiger partial charge in [-0.05, 0) is 50.3 Å². The number of thioether (sulfide) groups is 1. The molecule has 3 heterocycles. The normalized spacial score (nSPS) is 22.2. The van der Waals surface area contributed by atoms with Gasteiger partial charge in [-0.2, -0.15) is 4.99 Å². The highest BCUT2D eigenvalue weighted by Gasteiger charge is 2.33. The number of likely N-dealkylation sites (tertiary alicyclic amines) is 2. The molecule has 1 aromatic carbocycles. The molecule has 3 aliphatic rings. The van der Waals surface area contributed by atoms with Gasteiger partial charge in [0.15, 0.2) is 5.17 Å². The van der Waals surface area contributed by atoms with Crippen LogP contribution in [0, 0.1) is 0 Å². The Morgan fingerprint density at radius 3 is 2.38 bits per heavy atom. The summed E-state index contributed by atoms with van der Waals surface area (Å²) in [7, 11) is 0. The minimum atomic E-state index is -0.474. The lowest BCUT2D eigenvalue weighted by atomic mass is 10.1. The van der Waals surface area contributed by atoms with Crippen molar-refractivity contribution in [3.63, 3.8) is 0 Å². The lowest BCUT2D eigenvalue weighted by Gasteiger charge is -2.27. The molecule has 0 bridgehead atoms. The van der Waals surface area contributed by atoms with Crippen LogP contribution in [-0.2, 0) is 9.59 Å². The molecule has 0 spiro atoms. The molecule has 0 aromatic heterocycles. The van der Waals surface area contributed by atoms with E-state index in [0.29, 0.717) is 11.3 Å². The number of amidine groups is 1. The quantitative estimate of drug-likeness (QED) is 0.743. The highest BCUT2D eigenvalue weighted by Crippen LogP contribution is 2.29. The minimum Gasteiger partial charge on any atom is -0.351 e. The van der Waals surface area contributed by atoms with E-state index in [1.54, 1.807) is 24.3 Å². The van der Waals surface area contributed by atoms with E-state index >= 15 is 0 Å². The minimum absolute atomic E-state index is 0.0177. The lowest BCUT2D eigenvalue weighted by molar-refractivity contribution is -0.121. The number of carbonyl (C=O) groups is 3. The van der Waals surface area contributed by atoms with Crippen LogP contribution in [0.5, 0.6) is 0 Å². The van der Waals surface area contributed by atoms with Gasteiger partial charge in [-0.25, -0.2) is 0 Å². The van der Waals surface area contributed by atoms with Gasteiger partial charge in [-0.1, -0.05) is 37.1 Å². The van der Waals surface area contributed by atoms with Gasteiger partial charge in [-0.15, -0.1) is 0 Å². The number of carbonyl (C=O) groups excluding carboxylic acids is 3. The number of amides is 3. The number of aliphatic imine (C=N–C) groups is 1. The maximum Gasteiger partial charge on any atom is 0.262 e. The monoisotopic (exact) mass is 456 g/mol.